The summed E-state index contributed by atoms with van der Waals surface area (Å²) in [5, 5.41) is 11.2. The quantitative estimate of drug-likeness (QED) is 0.757. The molecule has 3 rings (SSSR count). The molecule has 0 aliphatic rings. The minimum absolute atomic E-state index is 0.241. The fourth-order valence-electron chi connectivity index (χ4n) is 2.09. The molecule has 3 aromatic rings. The highest BCUT2D eigenvalue weighted by molar-refractivity contribution is 5.53. The number of methoxy groups -OCH3 is 1. The van der Waals surface area contributed by atoms with E-state index in [1.54, 1.807) is 19.2 Å². The van der Waals surface area contributed by atoms with Crippen molar-refractivity contribution in [2.45, 2.75) is 13.1 Å². The predicted octanol–water partition coefficient (Wildman–Crippen LogP) is 3.17. The monoisotopic (exact) mass is 313 g/mol. The van der Waals surface area contributed by atoms with E-state index in [9.17, 15) is 4.39 Å². The molecule has 0 fully saturated rings. The van der Waals surface area contributed by atoms with Crippen molar-refractivity contribution in [3.63, 3.8) is 0 Å². The van der Waals surface area contributed by atoms with Crippen molar-refractivity contribution in [1.29, 1.82) is 0 Å². The minimum Gasteiger partial charge on any atom is -0.497 e. The zero-order valence-corrected chi connectivity index (χ0v) is 12.6. The molecule has 1 aromatic heterocycles. The van der Waals surface area contributed by atoms with Gasteiger partial charge in [-0.1, -0.05) is 12.1 Å². The fraction of sp³-hybridized carbons (Fsp3) is 0.176. The second-order valence-electron chi connectivity index (χ2n) is 4.96. The van der Waals surface area contributed by atoms with Crippen LogP contribution < -0.4 is 10.1 Å². The Morgan fingerprint density at radius 3 is 2.43 bits per heavy atom. The molecule has 0 radical (unpaired) electrons. The first-order valence-electron chi connectivity index (χ1n) is 7.16. The molecule has 5 nitrogen and oxygen atoms in total. The van der Waals surface area contributed by atoms with Crippen molar-refractivity contribution in [2.24, 2.45) is 0 Å². The molecule has 0 saturated heterocycles. The Hall–Kier alpha value is -2.73. The van der Waals surface area contributed by atoms with Crippen LogP contribution in [0.3, 0.4) is 0 Å². The van der Waals surface area contributed by atoms with Crippen LogP contribution in [0.4, 0.5) is 4.39 Å². The molecule has 0 amide bonds. The Bertz CT molecular complexity index is 754. The van der Waals surface area contributed by atoms with Crippen LogP contribution in [0.15, 0.2) is 52.9 Å². The maximum Gasteiger partial charge on any atom is 0.247 e. The standard InChI is InChI=1S/C17H16FN3O2/c1-22-15-8-4-13(5-9-15)17-21-20-16(23-17)11-19-10-12-2-6-14(18)7-3-12/h2-9,19H,10-11H2,1H3. The van der Waals surface area contributed by atoms with Crippen LogP contribution in [-0.4, -0.2) is 17.3 Å². The van der Waals surface area contributed by atoms with Gasteiger partial charge in [0.05, 0.1) is 13.7 Å². The number of hydrogen-bond acceptors (Lipinski definition) is 5. The zero-order valence-electron chi connectivity index (χ0n) is 12.6. The molecule has 0 saturated carbocycles. The summed E-state index contributed by atoms with van der Waals surface area (Å²) in [6, 6.07) is 13.7. The first kappa shape index (κ1) is 15.2. The maximum atomic E-state index is 12.8. The van der Waals surface area contributed by atoms with Gasteiger partial charge in [0.2, 0.25) is 11.8 Å². The van der Waals surface area contributed by atoms with Gasteiger partial charge in [-0.2, -0.15) is 0 Å². The summed E-state index contributed by atoms with van der Waals surface area (Å²) < 4.78 is 23.6. The molecule has 0 bridgehead atoms. The number of nitrogens with zero attached hydrogens (tertiary/aromatic N) is 2. The molecule has 6 heteroatoms. The molecule has 0 aliphatic heterocycles. The van der Waals surface area contributed by atoms with E-state index < -0.39 is 0 Å². The Labute approximate surface area is 133 Å². The molecular weight excluding hydrogens is 297 g/mol. The zero-order chi connectivity index (χ0) is 16.1. The highest BCUT2D eigenvalue weighted by Crippen LogP contribution is 2.21. The SMILES string of the molecule is COc1ccc(-c2nnc(CNCc3ccc(F)cc3)o2)cc1. The molecule has 0 spiro atoms. The van der Waals surface area contributed by atoms with E-state index in [-0.39, 0.29) is 5.82 Å². The van der Waals surface area contributed by atoms with Crippen molar-refractivity contribution < 1.29 is 13.5 Å². The van der Waals surface area contributed by atoms with Crippen LogP contribution in [-0.2, 0) is 13.1 Å². The van der Waals surface area contributed by atoms with Gasteiger partial charge in [0.15, 0.2) is 0 Å². The fourth-order valence-corrected chi connectivity index (χ4v) is 2.09. The summed E-state index contributed by atoms with van der Waals surface area (Å²) in [4.78, 5) is 0. The van der Waals surface area contributed by atoms with Crippen LogP contribution in [0, 0.1) is 5.82 Å². The third-order valence-electron chi connectivity index (χ3n) is 3.32. The van der Waals surface area contributed by atoms with Gasteiger partial charge in [-0.05, 0) is 42.0 Å². The van der Waals surface area contributed by atoms with Crippen molar-refractivity contribution in [3.8, 4) is 17.2 Å². The number of halogens is 1. The van der Waals surface area contributed by atoms with Crippen molar-refractivity contribution in [1.82, 2.24) is 15.5 Å². The van der Waals surface area contributed by atoms with E-state index in [1.165, 1.54) is 12.1 Å². The number of nitrogens with one attached hydrogen (secondary N) is 1. The second kappa shape index (κ2) is 7.02. The average molecular weight is 313 g/mol. The second-order valence-corrected chi connectivity index (χ2v) is 4.96. The van der Waals surface area contributed by atoms with Crippen LogP contribution in [0.5, 0.6) is 5.75 Å². The Morgan fingerprint density at radius 2 is 1.74 bits per heavy atom. The van der Waals surface area contributed by atoms with E-state index in [2.05, 4.69) is 15.5 Å². The normalized spacial score (nSPS) is 10.7. The van der Waals surface area contributed by atoms with Crippen molar-refractivity contribution >= 4 is 0 Å². The third kappa shape index (κ3) is 3.92. The molecule has 118 valence electrons. The van der Waals surface area contributed by atoms with Crippen LogP contribution in [0.25, 0.3) is 11.5 Å². The molecule has 2 aromatic carbocycles. The van der Waals surface area contributed by atoms with Gasteiger partial charge >= 0.3 is 0 Å². The number of rotatable bonds is 6. The third-order valence-corrected chi connectivity index (χ3v) is 3.32. The van der Waals surface area contributed by atoms with Crippen LogP contribution >= 0.6 is 0 Å². The average Bonchev–Trinajstić information content (AvgIpc) is 3.06. The summed E-state index contributed by atoms with van der Waals surface area (Å²) in [6.45, 7) is 1.04. The van der Waals surface area contributed by atoms with Crippen molar-refractivity contribution in [2.75, 3.05) is 7.11 Å². The lowest BCUT2D eigenvalue weighted by Crippen LogP contribution is -2.12. The number of hydrogen-bond donors (Lipinski definition) is 1. The minimum atomic E-state index is -0.241. The largest absolute Gasteiger partial charge is 0.497 e. The topological polar surface area (TPSA) is 60.2 Å². The maximum absolute atomic E-state index is 12.8. The smallest absolute Gasteiger partial charge is 0.247 e. The van der Waals surface area contributed by atoms with Crippen LogP contribution in [0.2, 0.25) is 0 Å². The van der Waals surface area contributed by atoms with E-state index >= 15 is 0 Å². The number of aromatic nitrogens is 2. The number of ether oxygens (including phenoxy) is 1. The van der Waals surface area contributed by atoms with Gasteiger partial charge in [-0.25, -0.2) is 4.39 Å². The lowest BCUT2D eigenvalue weighted by molar-refractivity contribution is 0.415. The van der Waals surface area contributed by atoms with Crippen molar-refractivity contribution in [3.05, 3.63) is 65.8 Å². The first-order valence-corrected chi connectivity index (χ1v) is 7.16. The predicted molar refractivity (Wildman–Crippen MR) is 83.2 cm³/mol. The van der Waals surface area contributed by atoms with E-state index in [1.807, 2.05) is 24.3 Å². The van der Waals surface area contributed by atoms with E-state index in [4.69, 9.17) is 9.15 Å². The van der Waals surface area contributed by atoms with Gasteiger partial charge in [-0.15, -0.1) is 10.2 Å². The Morgan fingerprint density at radius 1 is 1.00 bits per heavy atom. The highest BCUT2D eigenvalue weighted by Gasteiger charge is 2.08. The summed E-state index contributed by atoms with van der Waals surface area (Å²) in [7, 11) is 1.62. The van der Waals surface area contributed by atoms with Gasteiger partial charge in [-0.3, -0.25) is 0 Å². The lowest BCUT2D eigenvalue weighted by Gasteiger charge is -2.02. The Kier molecular flexibility index (Phi) is 4.63. The molecule has 23 heavy (non-hydrogen) atoms. The van der Waals surface area contributed by atoms with Gasteiger partial charge < -0.3 is 14.5 Å². The van der Waals surface area contributed by atoms with Gasteiger partial charge in [0, 0.05) is 12.1 Å². The summed E-state index contributed by atoms with van der Waals surface area (Å²) >= 11 is 0. The highest BCUT2D eigenvalue weighted by atomic mass is 19.1. The van der Waals surface area contributed by atoms with E-state index in [0.29, 0.717) is 24.9 Å². The molecular formula is C17H16FN3O2. The van der Waals surface area contributed by atoms with Crippen LogP contribution in [0.1, 0.15) is 11.5 Å². The first-order chi connectivity index (χ1) is 11.2. The summed E-state index contributed by atoms with van der Waals surface area (Å²) in [5.41, 5.74) is 1.82. The van der Waals surface area contributed by atoms with Gasteiger partial charge in [0.25, 0.3) is 0 Å². The molecule has 1 N–H and O–H groups in total. The summed E-state index contributed by atoms with van der Waals surface area (Å²) in [6.07, 6.45) is 0. The molecule has 0 unspecified atom stereocenters. The van der Waals surface area contributed by atoms with E-state index in [0.717, 1.165) is 16.9 Å². The molecule has 1 heterocycles. The summed E-state index contributed by atoms with van der Waals surface area (Å²) in [5.74, 6) is 1.49. The number of benzene rings is 2. The van der Waals surface area contributed by atoms with Gasteiger partial charge in [0.1, 0.15) is 11.6 Å². The molecule has 0 aliphatic carbocycles. The molecule has 0 atom stereocenters. The Balaban J connectivity index is 1.57. The lowest BCUT2D eigenvalue weighted by atomic mass is 10.2.